The minimum atomic E-state index is 0.0626. The van der Waals surface area contributed by atoms with Crippen LogP contribution in [0.3, 0.4) is 0 Å². The van der Waals surface area contributed by atoms with Crippen LogP contribution in [0.4, 0.5) is 0 Å². The third-order valence-electron chi connectivity index (χ3n) is 6.55. The fraction of sp³-hybridized carbons (Fsp3) is 0.581. The van der Waals surface area contributed by atoms with Gasteiger partial charge in [0.2, 0.25) is 0 Å². The molecule has 0 spiro atoms. The molecule has 0 aliphatic heterocycles. The van der Waals surface area contributed by atoms with E-state index < -0.39 is 0 Å². The monoisotopic (exact) mass is 526 g/mol. The molecule has 0 radical (unpaired) electrons. The second-order valence-electron chi connectivity index (χ2n) is 9.83. The summed E-state index contributed by atoms with van der Waals surface area (Å²) in [4.78, 5) is 18.3. The largest absolute Gasteiger partial charge is 0.494 e. The standard InChI is InChI=1S/C31H46N2O3S/c1-5-15-32(16-6-2)19-9-21-35-25-12-14-29-28(23-25)31(34)27-13-11-26(24-30(27)37-29)36-22-10-20-33(17-7-3)18-8-4/h11-14,23-24H,5-10,15-22H2,1-4H3. The molecule has 1 aromatic heterocycles. The van der Waals surface area contributed by atoms with Gasteiger partial charge in [0, 0.05) is 33.3 Å². The zero-order valence-electron chi connectivity index (χ0n) is 23.4. The molecule has 37 heavy (non-hydrogen) atoms. The first-order valence-electron chi connectivity index (χ1n) is 14.3. The van der Waals surface area contributed by atoms with Gasteiger partial charge in [0.1, 0.15) is 11.5 Å². The summed E-state index contributed by atoms with van der Waals surface area (Å²) < 4.78 is 14.0. The van der Waals surface area contributed by atoms with E-state index in [1.165, 1.54) is 25.7 Å². The smallest absolute Gasteiger partial charge is 0.196 e. The second kappa shape index (κ2) is 16.0. The van der Waals surface area contributed by atoms with E-state index in [0.29, 0.717) is 13.2 Å². The molecular formula is C31H46N2O3S. The van der Waals surface area contributed by atoms with Crippen molar-refractivity contribution < 1.29 is 9.47 Å². The van der Waals surface area contributed by atoms with Crippen molar-refractivity contribution in [2.75, 3.05) is 52.5 Å². The van der Waals surface area contributed by atoms with E-state index in [1.54, 1.807) is 11.3 Å². The van der Waals surface area contributed by atoms with E-state index in [-0.39, 0.29) is 5.43 Å². The van der Waals surface area contributed by atoms with Crippen LogP contribution in [0.2, 0.25) is 0 Å². The Labute approximate surface area is 227 Å². The Balaban J connectivity index is 1.60. The maximum Gasteiger partial charge on any atom is 0.196 e. The Bertz CT molecular complexity index is 1130. The lowest BCUT2D eigenvalue weighted by Gasteiger charge is -2.20. The Morgan fingerprint density at radius 3 is 1.68 bits per heavy atom. The first kappa shape index (κ1) is 29.4. The topological polar surface area (TPSA) is 42.0 Å². The van der Waals surface area contributed by atoms with Gasteiger partial charge < -0.3 is 19.3 Å². The minimum absolute atomic E-state index is 0.0626. The predicted octanol–water partition coefficient (Wildman–Crippen LogP) is 7.20. The van der Waals surface area contributed by atoms with Crippen LogP contribution in [0.5, 0.6) is 11.5 Å². The molecular weight excluding hydrogens is 480 g/mol. The van der Waals surface area contributed by atoms with Gasteiger partial charge in [0.05, 0.1) is 13.2 Å². The van der Waals surface area contributed by atoms with Crippen molar-refractivity contribution in [1.29, 1.82) is 0 Å². The molecule has 0 saturated heterocycles. The summed E-state index contributed by atoms with van der Waals surface area (Å²) in [6.07, 6.45) is 6.71. The van der Waals surface area contributed by atoms with Gasteiger partial charge in [-0.25, -0.2) is 0 Å². The van der Waals surface area contributed by atoms with Crippen molar-refractivity contribution in [2.24, 2.45) is 0 Å². The Kier molecular flexibility index (Phi) is 12.7. The average Bonchev–Trinajstić information content (AvgIpc) is 2.90. The number of nitrogens with zero attached hydrogens (tertiary/aromatic N) is 2. The van der Waals surface area contributed by atoms with Gasteiger partial charge in [0.15, 0.2) is 5.43 Å². The number of hydrogen-bond donors (Lipinski definition) is 0. The summed E-state index contributed by atoms with van der Waals surface area (Å²) in [5.74, 6) is 1.61. The van der Waals surface area contributed by atoms with Crippen LogP contribution in [0.1, 0.15) is 66.2 Å². The minimum Gasteiger partial charge on any atom is -0.494 e. The summed E-state index contributed by atoms with van der Waals surface area (Å²) in [5.41, 5.74) is 0.0626. The van der Waals surface area contributed by atoms with Crippen molar-refractivity contribution in [3.63, 3.8) is 0 Å². The average molecular weight is 527 g/mol. The number of rotatable bonds is 18. The normalized spacial score (nSPS) is 11.7. The van der Waals surface area contributed by atoms with E-state index in [4.69, 9.17) is 9.47 Å². The summed E-state index contributed by atoms with van der Waals surface area (Å²) in [6.45, 7) is 16.9. The molecule has 0 aliphatic rings. The lowest BCUT2D eigenvalue weighted by atomic mass is 10.1. The lowest BCUT2D eigenvalue weighted by molar-refractivity contribution is 0.234. The molecule has 204 valence electrons. The van der Waals surface area contributed by atoms with Gasteiger partial charge in [-0.1, -0.05) is 27.7 Å². The number of ether oxygens (including phenoxy) is 2. The number of fused-ring (bicyclic) bond motifs is 2. The number of hydrogen-bond acceptors (Lipinski definition) is 6. The van der Waals surface area contributed by atoms with Crippen LogP contribution in [0.25, 0.3) is 20.2 Å². The molecule has 0 N–H and O–H groups in total. The molecule has 0 fully saturated rings. The van der Waals surface area contributed by atoms with Crippen molar-refractivity contribution in [1.82, 2.24) is 9.80 Å². The molecule has 1 heterocycles. The Hall–Kier alpha value is -2.15. The van der Waals surface area contributed by atoms with Crippen LogP contribution < -0.4 is 14.9 Å². The van der Waals surface area contributed by atoms with Crippen LogP contribution in [-0.2, 0) is 0 Å². The molecule has 0 bridgehead atoms. The van der Waals surface area contributed by atoms with E-state index in [1.807, 2.05) is 36.4 Å². The highest BCUT2D eigenvalue weighted by Gasteiger charge is 2.10. The molecule has 3 aromatic rings. The summed E-state index contributed by atoms with van der Waals surface area (Å²) in [6, 6.07) is 11.8. The van der Waals surface area contributed by atoms with Gasteiger partial charge in [0.25, 0.3) is 0 Å². The van der Waals surface area contributed by atoms with E-state index in [2.05, 4.69) is 37.5 Å². The molecule has 0 aliphatic carbocycles. The number of benzene rings is 2. The summed E-state index contributed by atoms with van der Waals surface area (Å²) in [5, 5.41) is 1.48. The van der Waals surface area contributed by atoms with Crippen LogP contribution in [0.15, 0.2) is 41.2 Å². The van der Waals surface area contributed by atoms with Gasteiger partial charge in [-0.05, 0) is 101 Å². The molecule has 6 heteroatoms. The lowest BCUT2D eigenvalue weighted by Crippen LogP contribution is -2.27. The highest BCUT2D eigenvalue weighted by Crippen LogP contribution is 2.30. The first-order valence-corrected chi connectivity index (χ1v) is 15.1. The molecule has 5 nitrogen and oxygen atoms in total. The molecule has 0 unspecified atom stereocenters. The highest BCUT2D eigenvalue weighted by atomic mass is 32.1. The molecule has 0 amide bonds. The molecule has 0 atom stereocenters. The van der Waals surface area contributed by atoms with E-state index in [9.17, 15) is 4.79 Å². The van der Waals surface area contributed by atoms with Gasteiger partial charge in [-0.3, -0.25) is 4.79 Å². The van der Waals surface area contributed by atoms with Crippen LogP contribution >= 0.6 is 11.3 Å². The van der Waals surface area contributed by atoms with Gasteiger partial charge in [-0.2, -0.15) is 0 Å². The first-order chi connectivity index (χ1) is 18.1. The van der Waals surface area contributed by atoms with E-state index in [0.717, 1.165) is 83.8 Å². The fourth-order valence-corrected chi connectivity index (χ4v) is 5.97. The maximum absolute atomic E-state index is 13.3. The molecule has 2 aromatic carbocycles. The van der Waals surface area contributed by atoms with Crippen LogP contribution in [0, 0.1) is 0 Å². The highest BCUT2D eigenvalue weighted by molar-refractivity contribution is 7.24. The van der Waals surface area contributed by atoms with Crippen molar-refractivity contribution in [3.8, 4) is 11.5 Å². The zero-order chi connectivity index (χ0) is 26.5. The van der Waals surface area contributed by atoms with Crippen LogP contribution in [-0.4, -0.2) is 62.3 Å². The van der Waals surface area contributed by atoms with Crippen molar-refractivity contribution in [3.05, 3.63) is 46.6 Å². The fourth-order valence-electron chi connectivity index (χ4n) is 4.89. The third-order valence-corrected chi connectivity index (χ3v) is 7.68. The predicted molar refractivity (Wildman–Crippen MR) is 160 cm³/mol. The third kappa shape index (κ3) is 8.98. The van der Waals surface area contributed by atoms with Gasteiger partial charge >= 0.3 is 0 Å². The second-order valence-corrected chi connectivity index (χ2v) is 10.9. The summed E-state index contributed by atoms with van der Waals surface area (Å²) >= 11 is 1.64. The van der Waals surface area contributed by atoms with Crippen molar-refractivity contribution >= 4 is 31.5 Å². The molecule has 3 rings (SSSR count). The Morgan fingerprint density at radius 2 is 1.14 bits per heavy atom. The van der Waals surface area contributed by atoms with Crippen molar-refractivity contribution in [2.45, 2.75) is 66.2 Å². The maximum atomic E-state index is 13.3. The quantitative estimate of drug-likeness (QED) is 0.130. The molecule has 0 saturated carbocycles. The Morgan fingerprint density at radius 1 is 0.622 bits per heavy atom. The van der Waals surface area contributed by atoms with Gasteiger partial charge in [-0.15, -0.1) is 11.3 Å². The zero-order valence-corrected chi connectivity index (χ0v) is 24.2. The SMILES string of the molecule is CCCN(CCC)CCCOc1ccc2c(=O)c3cc(OCCCN(CCC)CCC)ccc3sc2c1. The van der Waals surface area contributed by atoms with E-state index >= 15 is 0 Å². The summed E-state index contributed by atoms with van der Waals surface area (Å²) in [7, 11) is 0.